The van der Waals surface area contributed by atoms with Gasteiger partial charge in [0.25, 0.3) is 0 Å². The Hall–Kier alpha value is -4.93. The summed E-state index contributed by atoms with van der Waals surface area (Å²) < 4.78 is 28.1. The summed E-state index contributed by atoms with van der Waals surface area (Å²) in [5.74, 6) is 2.95. The fraction of sp³-hybridized carbons (Fsp3) is 0.462. The van der Waals surface area contributed by atoms with E-state index >= 15 is 0 Å². The Labute approximate surface area is 294 Å². The molecule has 2 atom stereocenters. The van der Waals surface area contributed by atoms with Crippen LogP contribution in [0.1, 0.15) is 80.6 Å². The van der Waals surface area contributed by atoms with Crippen LogP contribution in [0.25, 0.3) is 11.1 Å². The highest BCUT2D eigenvalue weighted by Gasteiger charge is 2.32. The number of hydrogen-bond acceptors (Lipinski definition) is 9. The third-order valence-corrected chi connectivity index (χ3v) is 9.67. The summed E-state index contributed by atoms with van der Waals surface area (Å²) in [4.78, 5) is 41.1. The Morgan fingerprint density at radius 1 is 0.820 bits per heavy atom. The van der Waals surface area contributed by atoms with Gasteiger partial charge in [0.2, 0.25) is 23.0 Å². The molecule has 0 bridgehead atoms. The number of carbonyl (C=O) groups excluding carboxylic acids is 2. The van der Waals surface area contributed by atoms with E-state index in [1.54, 1.807) is 47.7 Å². The smallest absolute Gasteiger partial charge is 0.223 e. The molecule has 0 radical (unpaired) electrons. The molecule has 3 aromatic carbocycles. The number of rotatable bonds is 14. The van der Waals surface area contributed by atoms with Gasteiger partial charge < -0.3 is 39.2 Å². The lowest BCUT2D eigenvalue weighted by atomic mass is 9.95. The number of amides is 2. The predicted molar refractivity (Wildman–Crippen MR) is 193 cm³/mol. The molecule has 2 amide bonds. The second-order valence-electron chi connectivity index (χ2n) is 12.7. The normalized spacial score (nSPS) is 16.4. The number of hydrogen-bond donors (Lipinski definition) is 2. The lowest BCUT2D eigenvalue weighted by Crippen LogP contribution is -2.30. The Morgan fingerprint density at radius 3 is 2.30 bits per heavy atom. The van der Waals surface area contributed by atoms with Crippen LogP contribution in [0, 0.1) is 0 Å². The summed E-state index contributed by atoms with van der Waals surface area (Å²) in [5.41, 5.74) is 4.58. The number of unbranched alkanes of at least 4 members (excludes halogenated alkanes) is 2. The fourth-order valence-corrected chi connectivity index (χ4v) is 7.28. The van der Waals surface area contributed by atoms with E-state index in [2.05, 4.69) is 10.6 Å². The molecule has 1 aliphatic carbocycles. The number of likely N-dealkylation sites (tertiary alicyclic amines) is 1. The summed E-state index contributed by atoms with van der Waals surface area (Å²) >= 11 is 0. The molecule has 11 nitrogen and oxygen atoms in total. The molecule has 0 aromatic heterocycles. The van der Waals surface area contributed by atoms with Crippen molar-refractivity contribution in [3.05, 3.63) is 69.4 Å². The molecule has 0 saturated carbocycles. The minimum atomic E-state index is -0.372. The van der Waals surface area contributed by atoms with Crippen molar-refractivity contribution in [2.75, 3.05) is 54.0 Å². The van der Waals surface area contributed by atoms with Gasteiger partial charge in [-0.25, -0.2) is 0 Å². The van der Waals surface area contributed by atoms with Crippen molar-refractivity contribution in [1.82, 2.24) is 10.2 Å². The van der Waals surface area contributed by atoms with Crippen molar-refractivity contribution in [3.8, 4) is 39.9 Å². The van der Waals surface area contributed by atoms with Crippen LogP contribution in [0.15, 0.2) is 47.3 Å². The largest absolute Gasteiger partial charge is 0.497 e. The molecule has 1 fully saturated rings. The Balaban J connectivity index is 1.26. The lowest BCUT2D eigenvalue weighted by Gasteiger charge is -2.26. The van der Waals surface area contributed by atoms with Crippen LogP contribution in [0.5, 0.6) is 28.7 Å². The number of methoxy groups -OCH3 is 5. The standard InChI is InChI=1S/C39H49N3O8/c1-24(43)41-30-17-13-25-21-35(48-4)38(49-5)39(50-6)37(25)27-16-18-31(33(44)23-29(27)30)40-19-9-7-8-12-36(45)42-20-10-11-32(42)28-15-14-26(46-2)22-34(28)47-3/h14-16,18,21-23,30,32H,7-13,17,19-20H2,1-6H3,(H,40,44)(H,41,43). The third kappa shape index (κ3) is 7.77. The second-order valence-corrected chi connectivity index (χ2v) is 12.7. The number of carbonyl (C=O) groups is 2. The third-order valence-electron chi connectivity index (χ3n) is 9.67. The zero-order valence-electron chi connectivity index (χ0n) is 30.0. The van der Waals surface area contributed by atoms with Gasteiger partial charge in [-0.1, -0.05) is 12.5 Å². The minimum Gasteiger partial charge on any atom is -0.497 e. The highest BCUT2D eigenvalue weighted by Crippen LogP contribution is 2.50. The molecular formula is C39H49N3O8. The minimum absolute atomic E-state index is 0.00488. The van der Waals surface area contributed by atoms with Gasteiger partial charge in [-0.2, -0.15) is 0 Å². The number of nitrogens with one attached hydrogen (secondary N) is 2. The highest BCUT2D eigenvalue weighted by atomic mass is 16.5. The number of nitrogens with zero attached hydrogens (tertiary/aromatic N) is 1. The SMILES string of the molecule is COc1ccc(C2CCCN2C(=O)CCCCCNc2ccc3c(cc2=O)C(NC(C)=O)CCc2cc(OC)c(OC)c(OC)c2-3)c(OC)c1. The molecule has 1 heterocycles. The van der Waals surface area contributed by atoms with Crippen LogP contribution in [-0.4, -0.2) is 65.4 Å². The molecule has 0 spiro atoms. The first-order chi connectivity index (χ1) is 24.2. The van der Waals surface area contributed by atoms with E-state index < -0.39 is 0 Å². The highest BCUT2D eigenvalue weighted by molar-refractivity contribution is 5.84. The van der Waals surface area contributed by atoms with Crippen molar-refractivity contribution < 1.29 is 33.3 Å². The quantitative estimate of drug-likeness (QED) is 0.190. The van der Waals surface area contributed by atoms with Gasteiger partial charge in [-0.15, -0.1) is 0 Å². The molecule has 11 heteroatoms. The Kier molecular flexibility index (Phi) is 12.1. The van der Waals surface area contributed by atoms with Crippen molar-refractivity contribution in [2.45, 2.75) is 70.4 Å². The first-order valence-corrected chi connectivity index (χ1v) is 17.3. The molecule has 1 saturated heterocycles. The van der Waals surface area contributed by atoms with Crippen LogP contribution in [0.4, 0.5) is 5.69 Å². The number of benzene rings is 2. The van der Waals surface area contributed by atoms with Gasteiger partial charge in [-0.3, -0.25) is 14.4 Å². The van der Waals surface area contributed by atoms with Crippen LogP contribution in [-0.2, 0) is 16.0 Å². The van der Waals surface area contributed by atoms with E-state index in [1.165, 1.54) is 6.92 Å². The average molecular weight is 688 g/mol. The van der Waals surface area contributed by atoms with Gasteiger partial charge in [0.1, 0.15) is 11.5 Å². The van der Waals surface area contributed by atoms with Gasteiger partial charge >= 0.3 is 0 Å². The van der Waals surface area contributed by atoms with Gasteiger partial charge in [0.15, 0.2) is 11.5 Å². The molecule has 268 valence electrons. The molecule has 3 aromatic rings. The van der Waals surface area contributed by atoms with Crippen LogP contribution >= 0.6 is 0 Å². The molecule has 50 heavy (non-hydrogen) atoms. The Bertz CT molecular complexity index is 1760. The summed E-state index contributed by atoms with van der Waals surface area (Å²) in [7, 11) is 7.99. The van der Waals surface area contributed by atoms with Gasteiger partial charge in [0.05, 0.1) is 53.3 Å². The maximum atomic E-state index is 13.6. The molecule has 2 N–H and O–H groups in total. The maximum Gasteiger partial charge on any atom is 0.223 e. The topological polar surface area (TPSA) is 125 Å². The number of aryl methyl sites for hydroxylation is 1. The van der Waals surface area contributed by atoms with Crippen LogP contribution in [0.2, 0.25) is 0 Å². The first-order valence-electron chi connectivity index (χ1n) is 17.3. The zero-order valence-corrected chi connectivity index (χ0v) is 30.0. The lowest BCUT2D eigenvalue weighted by molar-refractivity contribution is -0.132. The van der Waals surface area contributed by atoms with Gasteiger partial charge in [-0.05, 0) is 85.5 Å². The van der Waals surface area contributed by atoms with Crippen molar-refractivity contribution >= 4 is 17.5 Å². The summed E-state index contributed by atoms with van der Waals surface area (Å²) in [6.45, 7) is 2.79. The molecule has 2 aliphatic rings. The average Bonchev–Trinajstić information content (AvgIpc) is 3.50. The van der Waals surface area contributed by atoms with Crippen LogP contribution in [0.3, 0.4) is 0 Å². The summed E-state index contributed by atoms with van der Waals surface area (Å²) in [5, 5.41) is 6.36. The summed E-state index contributed by atoms with van der Waals surface area (Å²) in [6.07, 6.45) is 5.93. The molecule has 1 aliphatic heterocycles. The molecular weight excluding hydrogens is 638 g/mol. The molecule has 5 rings (SSSR count). The van der Waals surface area contributed by atoms with E-state index in [9.17, 15) is 14.4 Å². The van der Waals surface area contributed by atoms with Crippen LogP contribution < -0.4 is 39.7 Å². The van der Waals surface area contributed by atoms with E-state index in [0.29, 0.717) is 54.3 Å². The van der Waals surface area contributed by atoms with Gasteiger partial charge in [0, 0.05) is 43.6 Å². The maximum absolute atomic E-state index is 13.6. The number of fused-ring (bicyclic) bond motifs is 3. The monoisotopic (exact) mass is 687 g/mol. The number of anilines is 1. The number of ether oxygens (including phenoxy) is 5. The van der Waals surface area contributed by atoms with Crippen molar-refractivity contribution in [2.24, 2.45) is 0 Å². The van der Waals surface area contributed by atoms with Crippen molar-refractivity contribution in [3.63, 3.8) is 0 Å². The van der Waals surface area contributed by atoms with Crippen molar-refractivity contribution in [1.29, 1.82) is 0 Å². The van der Waals surface area contributed by atoms with E-state index in [1.807, 2.05) is 35.2 Å². The first kappa shape index (κ1) is 36.4. The van der Waals surface area contributed by atoms with E-state index in [4.69, 9.17) is 23.7 Å². The fourth-order valence-electron chi connectivity index (χ4n) is 7.28. The van der Waals surface area contributed by atoms with E-state index in [0.717, 1.165) is 72.4 Å². The molecule has 2 unspecified atom stereocenters. The Morgan fingerprint density at radius 2 is 1.60 bits per heavy atom. The second kappa shape index (κ2) is 16.7. The predicted octanol–water partition coefficient (Wildman–Crippen LogP) is 6.22. The summed E-state index contributed by atoms with van der Waals surface area (Å²) in [6, 6.07) is 12.7. The van der Waals surface area contributed by atoms with E-state index in [-0.39, 0.29) is 29.3 Å². The zero-order chi connectivity index (χ0) is 35.8.